The van der Waals surface area contributed by atoms with E-state index in [2.05, 4.69) is 31.4 Å². The van der Waals surface area contributed by atoms with Gasteiger partial charge in [-0.2, -0.15) is 12.6 Å². The molecule has 0 aliphatic carbocycles. The molecular formula is C20H48O5S4. The average Bonchev–Trinajstić information content (AvgIpc) is 2.18. The third kappa shape index (κ3) is 2310000. The molecule has 0 fully saturated rings. The fraction of sp³-hybridized carbons (Fsp3) is 0.800. The zero-order valence-electron chi connectivity index (χ0n) is 21.1. The zero-order valence-corrected chi connectivity index (χ0v) is 24.5. The van der Waals surface area contributed by atoms with E-state index in [1.165, 1.54) is 19.4 Å². The quantitative estimate of drug-likeness (QED) is 0.280. The third-order valence-electron chi connectivity index (χ3n) is 0. The maximum atomic E-state index is 9.63. The van der Waals surface area contributed by atoms with Crippen LogP contribution in [0.3, 0.4) is 0 Å². The van der Waals surface area contributed by atoms with E-state index in [0.29, 0.717) is 5.25 Å². The molecule has 1 N–H and O–H groups in total. The lowest BCUT2D eigenvalue weighted by atomic mass is 10.4. The summed E-state index contributed by atoms with van der Waals surface area (Å²) in [4.78, 5) is 10.4. The number of thiol groups is 1. The van der Waals surface area contributed by atoms with Crippen LogP contribution in [-0.2, 0) is 25.4 Å². The van der Waals surface area contributed by atoms with Gasteiger partial charge in [0.2, 0.25) is 0 Å². The van der Waals surface area contributed by atoms with Gasteiger partial charge in [-0.3, -0.25) is 4.21 Å². The molecule has 0 aromatic carbocycles. The Labute approximate surface area is 195 Å². The first-order valence-corrected chi connectivity index (χ1v) is 13.9. The minimum atomic E-state index is -2.67. The molecule has 0 saturated carbocycles. The number of ketones is 1. The van der Waals surface area contributed by atoms with Crippen molar-refractivity contribution in [3.8, 4) is 0 Å². The van der Waals surface area contributed by atoms with Crippen LogP contribution in [0, 0.1) is 0 Å². The summed E-state index contributed by atoms with van der Waals surface area (Å²) in [5, 5.41) is 8.58. The Morgan fingerprint density at radius 1 is 0.966 bits per heavy atom. The van der Waals surface area contributed by atoms with Crippen LogP contribution >= 0.6 is 24.8 Å². The van der Waals surface area contributed by atoms with Crippen molar-refractivity contribution in [3.05, 3.63) is 12.2 Å². The maximum Gasteiger partial charge on any atom is 0.144 e. The highest BCUT2D eigenvalue weighted by molar-refractivity contribution is 7.89. The molecule has 0 rings (SSSR count). The number of rotatable bonds is 0. The molecule has 0 aliphatic heterocycles. The Hall–Kier alpha value is -0.0900. The summed E-state index contributed by atoms with van der Waals surface area (Å²) in [6, 6.07) is 0. The van der Waals surface area contributed by atoms with E-state index in [4.69, 9.17) is 5.11 Å². The van der Waals surface area contributed by atoms with Crippen LogP contribution < -0.4 is 0 Å². The Morgan fingerprint density at radius 3 is 0.966 bits per heavy atom. The van der Waals surface area contributed by atoms with Gasteiger partial charge in [0, 0.05) is 41.9 Å². The molecular weight excluding hydrogens is 448 g/mol. The van der Waals surface area contributed by atoms with Crippen molar-refractivity contribution in [1.82, 2.24) is 0 Å². The highest BCUT2D eigenvalue weighted by Crippen LogP contribution is 1.83. The van der Waals surface area contributed by atoms with Crippen molar-refractivity contribution in [3.63, 3.8) is 0 Å². The van der Waals surface area contributed by atoms with E-state index < -0.39 is 20.6 Å². The lowest BCUT2D eigenvalue weighted by Gasteiger charge is -1.80. The smallest absolute Gasteiger partial charge is 0.144 e. The maximum absolute atomic E-state index is 9.63. The number of allylic oxidation sites excluding steroid dienone is 1. The molecule has 0 atom stereocenters. The summed E-state index contributed by atoms with van der Waals surface area (Å²) in [6.45, 7) is 21.9. The van der Waals surface area contributed by atoms with Gasteiger partial charge in [-0.25, -0.2) is 8.42 Å². The molecule has 0 aliphatic rings. The number of hydrogen-bond acceptors (Lipinski definition) is 7. The average molecular weight is 497 g/mol. The molecule has 0 radical (unpaired) electrons. The molecule has 0 heterocycles. The normalized spacial score (nSPS) is 8.38. The van der Waals surface area contributed by atoms with Crippen LogP contribution in [0.15, 0.2) is 12.2 Å². The molecule has 0 aromatic rings. The first-order valence-electron chi connectivity index (χ1n) is 8.72. The van der Waals surface area contributed by atoms with Gasteiger partial charge in [0.15, 0.2) is 0 Å². The highest BCUT2D eigenvalue weighted by atomic mass is 32.2. The van der Waals surface area contributed by atoms with Crippen LogP contribution in [0.2, 0.25) is 0 Å². The van der Waals surface area contributed by atoms with Gasteiger partial charge in [-0.05, 0) is 65.5 Å². The summed E-state index contributed by atoms with van der Waals surface area (Å²) < 4.78 is 28.8. The standard InChI is InChI=1S/C4H8.C3H8O.C3H6O.C3H8S.C3H6S.C2H6O2S.C2H6OS/c1-4(2)3;4*1-3(2)4;1-5(2,3)4;1-4(2)3/h1H2,2-3H3;3-4H,1-2H3;1-2H3;3-4H,1-2H3;1-2H3;1-2H3;1-2H3. The van der Waals surface area contributed by atoms with Crippen molar-refractivity contribution < 1.29 is 22.5 Å². The van der Waals surface area contributed by atoms with Gasteiger partial charge < -0.3 is 9.90 Å². The number of hydrogen-bond donors (Lipinski definition) is 2. The number of carbonyl (C=O) groups is 1. The number of sulfone groups is 1. The largest absolute Gasteiger partial charge is 0.394 e. The number of carbonyl (C=O) groups excluding carboxylic acids is 1. The van der Waals surface area contributed by atoms with Crippen molar-refractivity contribution >= 4 is 56.1 Å². The molecule has 5 nitrogen and oxygen atoms in total. The molecule has 0 aromatic heterocycles. The van der Waals surface area contributed by atoms with E-state index in [1.54, 1.807) is 26.4 Å². The first kappa shape index (κ1) is 46.9. The summed E-state index contributed by atoms with van der Waals surface area (Å²) in [7, 11) is -3.28. The number of aliphatic hydroxyl groups is 1. The summed E-state index contributed by atoms with van der Waals surface area (Å²) in [5.41, 5.74) is 1.17. The van der Waals surface area contributed by atoms with Gasteiger partial charge in [0.25, 0.3) is 0 Å². The van der Waals surface area contributed by atoms with Gasteiger partial charge in [0.1, 0.15) is 15.6 Å². The van der Waals surface area contributed by atoms with Crippen molar-refractivity contribution in [2.75, 3.05) is 25.0 Å². The molecule has 182 valence electrons. The predicted octanol–water partition coefficient (Wildman–Crippen LogP) is 4.94. The first-order chi connectivity index (χ1) is 12.4. The van der Waals surface area contributed by atoms with E-state index in [-0.39, 0.29) is 11.9 Å². The zero-order chi connectivity index (χ0) is 26.0. The van der Waals surface area contributed by atoms with Gasteiger partial charge >= 0.3 is 0 Å². The minimum absolute atomic E-state index is 0.167. The fourth-order valence-corrected chi connectivity index (χ4v) is 0. The Morgan fingerprint density at radius 2 is 0.966 bits per heavy atom. The number of aliphatic hydroxyl groups excluding tert-OH is 1. The van der Waals surface area contributed by atoms with E-state index >= 15 is 0 Å². The Kier molecular flexibility index (Phi) is 57.2. The molecule has 0 saturated heterocycles. The number of Topliss-reactive ketones (excluding diaryl/α,β-unsaturated/α-hetero) is 1. The molecule has 9 heteroatoms. The summed E-state index contributed by atoms with van der Waals surface area (Å²) >= 11 is 8.50. The fourth-order valence-electron chi connectivity index (χ4n) is 0. The Bertz CT molecular complexity index is 400. The van der Waals surface area contributed by atoms with Crippen LogP contribution in [-0.4, -0.2) is 64.8 Å². The van der Waals surface area contributed by atoms with Crippen molar-refractivity contribution in [1.29, 1.82) is 0 Å². The van der Waals surface area contributed by atoms with Crippen LogP contribution in [0.5, 0.6) is 0 Å². The van der Waals surface area contributed by atoms with Crippen molar-refractivity contribution in [2.24, 2.45) is 0 Å². The van der Waals surface area contributed by atoms with Crippen LogP contribution in [0.4, 0.5) is 0 Å². The lowest BCUT2D eigenvalue weighted by Crippen LogP contribution is -1.86. The Balaban J connectivity index is -0.0000000390. The topological polar surface area (TPSA) is 88.5 Å². The van der Waals surface area contributed by atoms with E-state index in [0.717, 1.165) is 17.4 Å². The van der Waals surface area contributed by atoms with Crippen LogP contribution in [0.1, 0.15) is 69.2 Å². The highest BCUT2D eigenvalue weighted by Gasteiger charge is 1.79. The van der Waals surface area contributed by atoms with Crippen molar-refractivity contribution in [2.45, 2.75) is 80.6 Å². The second-order valence-electron chi connectivity index (χ2n) is 7.10. The molecule has 0 spiro atoms. The molecule has 0 amide bonds. The molecule has 29 heavy (non-hydrogen) atoms. The SMILES string of the molecule is C=C(C)C.CC(C)=O.CC(C)=S.CC(C)O.CC(C)S.CS(C)(=O)=O.CS(C)=O. The van der Waals surface area contributed by atoms with Gasteiger partial charge in [-0.1, -0.05) is 31.6 Å². The molecule has 0 bridgehead atoms. The minimum Gasteiger partial charge on any atom is -0.394 e. The van der Waals surface area contributed by atoms with Gasteiger partial charge in [-0.15, -0.1) is 6.58 Å². The summed E-state index contributed by atoms with van der Waals surface area (Å²) in [5.74, 6) is 0.167. The summed E-state index contributed by atoms with van der Waals surface area (Å²) in [6.07, 6.45) is 5.43. The van der Waals surface area contributed by atoms with Crippen LogP contribution in [0.25, 0.3) is 0 Å². The van der Waals surface area contributed by atoms with E-state index in [9.17, 15) is 17.4 Å². The third-order valence-corrected chi connectivity index (χ3v) is 0. The number of thiocarbonyl (C=S) groups is 1. The monoisotopic (exact) mass is 496 g/mol. The van der Waals surface area contributed by atoms with E-state index in [1.807, 2.05) is 41.5 Å². The predicted molar refractivity (Wildman–Crippen MR) is 143 cm³/mol. The van der Waals surface area contributed by atoms with Gasteiger partial charge in [0.05, 0.1) is 0 Å². The molecule has 0 unspecified atom stereocenters. The second kappa shape index (κ2) is 35.4. The lowest BCUT2D eigenvalue weighted by molar-refractivity contribution is -0.115. The second-order valence-corrected chi connectivity index (χ2v) is 12.7.